The largest absolute Gasteiger partial charge is 0.348 e. The molecule has 0 radical (unpaired) electrons. The van der Waals surface area contributed by atoms with E-state index in [1.165, 1.54) is 0 Å². The summed E-state index contributed by atoms with van der Waals surface area (Å²) in [5, 5.41) is 9.11. The Morgan fingerprint density at radius 2 is 2.06 bits per heavy atom. The molecule has 1 aromatic carbocycles. The zero-order valence-corrected chi connectivity index (χ0v) is 9.77. The standard InChI is InChI=1S/C14H12N2O/c1-10-5-3-6-11(12(10)9-15)14(17)13-7-4-8-16(13)2/h3-8H,1-2H3. The van der Waals surface area contributed by atoms with Crippen molar-refractivity contribution in [2.75, 3.05) is 0 Å². The van der Waals surface area contributed by atoms with Gasteiger partial charge in [-0.25, -0.2) is 0 Å². The minimum absolute atomic E-state index is 0.113. The van der Waals surface area contributed by atoms with Crippen LogP contribution in [0.5, 0.6) is 0 Å². The second-order valence-electron chi connectivity index (χ2n) is 3.94. The summed E-state index contributed by atoms with van der Waals surface area (Å²) in [7, 11) is 1.81. The predicted molar refractivity (Wildman–Crippen MR) is 64.7 cm³/mol. The summed E-state index contributed by atoms with van der Waals surface area (Å²) in [6, 6.07) is 11.0. The highest BCUT2D eigenvalue weighted by atomic mass is 16.1. The van der Waals surface area contributed by atoms with Crippen LogP contribution in [0.15, 0.2) is 36.5 Å². The van der Waals surface area contributed by atoms with E-state index in [9.17, 15) is 4.79 Å². The van der Waals surface area contributed by atoms with Gasteiger partial charge in [0.25, 0.3) is 0 Å². The quantitative estimate of drug-likeness (QED) is 0.735. The Kier molecular flexibility index (Phi) is 2.80. The van der Waals surface area contributed by atoms with Crippen LogP contribution >= 0.6 is 0 Å². The molecule has 1 aromatic heterocycles. The topological polar surface area (TPSA) is 45.8 Å². The van der Waals surface area contributed by atoms with E-state index >= 15 is 0 Å². The lowest BCUT2D eigenvalue weighted by Gasteiger charge is -2.06. The second-order valence-corrected chi connectivity index (χ2v) is 3.94. The molecule has 0 saturated carbocycles. The molecule has 84 valence electrons. The number of carbonyl (C=O) groups is 1. The van der Waals surface area contributed by atoms with Crippen molar-refractivity contribution in [2.24, 2.45) is 7.05 Å². The summed E-state index contributed by atoms with van der Waals surface area (Å²) >= 11 is 0. The molecule has 0 saturated heterocycles. The normalized spacial score (nSPS) is 9.94. The highest BCUT2D eigenvalue weighted by Gasteiger charge is 2.16. The average molecular weight is 224 g/mol. The number of carbonyl (C=O) groups excluding carboxylic acids is 1. The van der Waals surface area contributed by atoms with Crippen molar-refractivity contribution >= 4 is 5.78 Å². The fourth-order valence-corrected chi connectivity index (χ4v) is 1.84. The van der Waals surface area contributed by atoms with E-state index in [0.29, 0.717) is 16.8 Å². The zero-order chi connectivity index (χ0) is 12.4. The Morgan fingerprint density at radius 1 is 1.29 bits per heavy atom. The maximum Gasteiger partial charge on any atom is 0.210 e. The molecule has 2 rings (SSSR count). The molecule has 0 amide bonds. The van der Waals surface area contributed by atoms with Crippen molar-refractivity contribution in [3.63, 3.8) is 0 Å². The Bertz CT molecular complexity index is 617. The number of nitrogens with zero attached hydrogens (tertiary/aromatic N) is 2. The van der Waals surface area contributed by atoms with Crippen molar-refractivity contribution in [1.82, 2.24) is 4.57 Å². The van der Waals surface area contributed by atoms with E-state index in [1.807, 2.05) is 32.3 Å². The molecule has 0 atom stereocenters. The van der Waals surface area contributed by atoms with E-state index in [0.717, 1.165) is 5.56 Å². The van der Waals surface area contributed by atoms with E-state index in [4.69, 9.17) is 5.26 Å². The lowest BCUT2D eigenvalue weighted by molar-refractivity contribution is 0.103. The molecular weight excluding hydrogens is 212 g/mol. The third kappa shape index (κ3) is 1.85. The fourth-order valence-electron chi connectivity index (χ4n) is 1.84. The zero-order valence-electron chi connectivity index (χ0n) is 9.77. The van der Waals surface area contributed by atoms with E-state index in [1.54, 1.807) is 22.8 Å². The minimum Gasteiger partial charge on any atom is -0.348 e. The smallest absolute Gasteiger partial charge is 0.210 e. The van der Waals surface area contributed by atoms with Gasteiger partial charge >= 0.3 is 0 Å². The van der Waals surface area contributed by atoms with Crippen molar-refractivity contribution in [2.45, 2.75) is 6.92 Å². The molecule has 0 aliphatic heterocycles. The first-order valence-electron chi connectivity index (χ1n) is 5.31. The molecular formula is C14H12N2O. The van der Waals surface area contributed by atoms with E-state index in [-0.39, 0.29) is 5.78 Å². The molecule has 0 aliphatic carbocycles. The number of hydrogen-bond donors (Lipinski definition) is 0. The molecule has 2 aromatic rings. The van der Waals surface area contributed by atoms with Gasteiger partial charge in [-0.1, -0.05) is 12.1 Å². The number of benzene rings is 1. The van der Waals surface area contributed by atoms with Crippen LogP contribution in [0.4, 0.5) is 0 Å². The van der Waals surface area contributed by atoms with Gasteiger partial charge in [0.15, 0.2) is 0 Å². The molecule has 1 heterocycles. The Labute approximate surface area is 99.9 Å². The van der Waals surface area contributed by atoms with Crippen molar-refractivity contribution in [3.05, 3.63) is 58.9 Å². The number of aromatic nitrogens is 1. The summed E-state index contributed by atoms with van der Waals surface area (Å²) in [5.41, 5.74) is 2.34. The average Bonchev–Trinajstić information content (AvgIpc) is 2.74. The molecule has 0 unspecified atom stereocenters. The van der Waals surface area contributed by atoms with Crippen LogP contribution in [0.25, 0.3) is 0 Å². The van der Waals surface area contributed by atoms with Crippen molar-refractivity contribution in [1.29, 1.82) is 5.26 Å². The lowest BCUT2D eigenvalue weighted by Crippen LogP contribution is -2.09. The molecule has 0 aliphatic rings. The maximum atomic E-state index is 12.3. The van der Waals surface area contributed by atoms with E-state index in [2.05, 4.69) is 6.07 Å². The van der Waals surface area contributed by atoms with Gasteiger partial charge < -0.3 is 4.57 Å². The van der Waals surface area contributed by atoms with Crippen LogP contribution in [-0.2, 0) is 7.05 Å². The van der Waals surface area contributed by atoms with Crippen LogP contribution < -0.4 is 0 Å². The van der Waals surface area contributed by atoms with Gasteiger partial charge in [-0.2, -0.15) is 5.26 Å². The van der Waals surface area contributed by atoms with Gasteiger partial charge in [0.05, 0.1) is 11.3 Å². The summed E-state index contributed by atoms with van der Waals surface area (Å²) in [5.74, 6) is -0.113. The number of ketones is 1. The SMILES string of the molecule is Cc1cccc(C(=O)c2cccn2C)c1C#N. The number of rotatable bonds is 2. The summed E-state index contributed by atoms with van der Waals surface area (Å²) in [4.78, 5) is 12.3. The Morgan fingerprint density at radius 3 is 2.65 bits per heavy atom. The number of hydrogen-bond acceptors (Lipinski definition) is 2. The molecule has 17 heavy (non-hydrogen) atoms. The molecule has 3 nitrogen and oxygen atoms in total. The van der Waals surface area contributed by atoms with E-state index < -0.39 is 0 Å². The Hall–Kier alpha value is -2.34. The lowest BCUT2D eigenvalue weighted by atomic mass is 9.98. The summed E-state index contributed by atoms with van der Waals surface area (Å²) in [6.07, 6.45) is 1.81. The molecule has 0 spiro atoms. The van der Waals surface area contributed by atoms with Crippen LogP contribution in [-0.4, -0.2) is 10.4 Å². The van der Waals surface area contributed by atoms with Crippen LogP contribution in [0.2, 0.25) is 0 Å². The number of nitriles is 1. The maximum absolute atomic E-state index is 12.3. The molecule has 3 heteroatoms. The van der Waals surface area contributed by atoms with Crippen LogP contribution in [0.3, 0.4) is 0 Å². The molecule has 0 fully saturated rings. The molecule has 0 bridgehead atoms. The minimum atomic E-state index is -0.113. The molecule has 0 N–H and O–H groups in total. The monoisotopic (exact) mass is 224 g/mol. The first-order chi connectivity index (χ1) is 8.15. The van der Waals surface area contributed by atoms with Gasteiger partial charge in [0, 0.05) is 18.8 Å². The van der Waals surface area contributed by atoms with Crippen molar-refractivity contribution in [3.8, 4) is 6.07 Å². The Balaban J connectivity index is 2.57. The predicted octanol–water partition coefficient (Wildman–Crippen LogP) is 2.44. The van der Waals surface area contributed by atoms with Gasteiger partial charge in [0.1, 0.15) is 6.07 Å². The van der Waals surface area contributed by atoms with Crippen LogP contribution in [0, 0.1) is 18.3 Å². The second kappa shape index (κ2) is 4.26. The summed E-state index contributed by atoms with van der Waals surface area (Å²) < 4.78 is 1.76. The highest BCUT2D eigenvalue weighted by molar-refractivity contribution is 6.09. The highest BCUT2D eigenvalue weighted by Crippen LogP contribution is 2.17. The van der Waals surface area contributed by atoms with Gasteiger partial charge in [0.2, 0.25) is 5.78 Å². The fraction of sp³-hybridized carbons (Fsp3) is 0.143. The van der Waals surface area contributed by atoms with Crippen LogP contribution in [0.1, 0.15) is 27.2 Å². The van der Waals surface area contributed by atoms with Gasteiger partial charge in [-0.15, -0.1) is 0 Å². The third-order valence-electron chi connectivity index (χ3n) is 2.81. The number of aryl methyl sites for hydroxylation is 2. The van der Waals surface area contributed by atoms with Gasteiger partial charge in [-0.05, 0) is 30.7 Å². The third-order valence-corrected chi connectivity index (χ3v) is 2.81. The van der Waals surface area contributed by atoms with Crippen molar-refractivity contribution < 1.29 is 4.79 Å². The first kappa shape index (κ1) is 11.2. The first-order valence-corrected chi connectivity index (χ1v) is 5.31. The summed E-state index contributed by atoms with van der Waals surface area (Å²) in [6.45, 7) is 1.83. The van der Waals surface area contributed by atoms with Gasteiger partial charge in [-0.3, -0.25) is 4.79 Å².